The molecule has 0 saturated heterocycles. The Morgan fingerprint density at radius 2 is 2.06 bits per heavy atom. The molecule has 1 atom stereocenters. The molecule has 1 aromatic carbocycles. The highest BCUT2D eigenvalue weighted by molar-refractivity contribution is 9.09. The van der Waals surface area contributed by atoms with Crippen LogP contribution < -0.4 is 4.74 Å². The molecule has 0 fully saturated rings. The van der Waals surface area contributed by atoms with Gasteiger partial charge in [-0.1, -0.05) is 42.8 Å². The third kappa shape index (κ3) is 3.70. The van der Waals surface area contributed by atoms with Crippen molar-refractivity contribution in [2.24, 2.45) is 5.41 Å². The van der Waals surface area contributed by atoms with Crippen molar-refractivity contribution in [2.75, 3.05) is 7.11 Å². The third-order valence-corrected chi connectivity index (χ3v) is 4.49. The van der Waals surface area contributed by atoms with Gasteiger partial charge in [0.25, 0.3) is 0 Å². The molecule has 1 unspecified atom stereocenters. The maximum atomic E-state index is 10.8. The molecule has 0 bridgehead atoms. The lowest BCUT2D eigenvalue weighted by atomic mass is 9.88. The lowest BCUT2D eigenvalue weighted by Crippen LogP contribution is -2.22. The van der Waals surface area contributed by atoms with Crippen molar-refractivity contribution < 1.29 is 9.66 Å². The number of benzene rings is 1. The highest BCUT2D eigenvalue weighted by Gasteiger charge is 2.23. The van der Waals surface area contributed by atoms with Crippen LogP contribution in [0.4, 0.5) is 5.69 Å². The SMILES string of the molecule is COc1cc(CC(Br)C(C)(C)C)ccc1[N+](=O)[O-]. The van der Waals surface area contributed by atoms with E-state index in [-0.39, 0.29) is 11.1 Å². The zero-order valence-corrected chi connectivity index (χ0v) is 12.7. The van der Waals surface area contributed by atoms with Crippen LogP contribution in [0.15, 0.2) is 18.2 Å². The van der Waals surface area contributed by atoms with E-state index in [1.165, 1.54) is 13.2 Å². The first kappa shape index (κ1) is 15.0. The van der Waals surface area contributed by atoms with Gasteiger partial charge in [0.1, 0.15) is 0 Å². The van der Waals surface area contributed by atoms with Crippen LogP contribution in [0.2, 0.25) is 0 Å². The van der Waals surface area contributed by atoms with E-state index in [2.05, 4.69) is 36.7 Å². The molecule has 4 nitrogen and oxygen atoms in total. The van der Waals surface area contributed by atoms with Crippen molar-refractivity contribution >= 4 is 21.6 Å². The quantitative estimate of drug-likeness (QED) is 0.480. The van der Waals surface area contributed by atoms with Crippen LogP contribution >= 0.6 is 15.9 Å². The molecule has 5 heteroatoms. The van der Waals surface area contributed by atoms with Gasteiger partial charge in [-0.05, 0) is 23.5 Å². The minimum Gasteiger partial charge on any atom is -0.490 e. The monoisotopic (exact) mass is 315 g/mol. The average molecular weight is 316 g/mol. The second-order valence-electron chi connectivity index (χ2n) is 5.30. The molecule has 0 N–H and O–H groups in total. The van der Waals surface area contributed by atoms with E-state index < -0.39 is 4.92 Å². The predicted octanol–water partition coefficient (Wildman–Crippen LogP) is 3.96. The van der Waals surface area contributed by atoms with Gasteiger partial charge in [-0.3, -0.25) is 10.1 Å². The van der Waals surface area contributed by atoms with Crippen molar-refractivity contribution in [1.82, 2.24) is 0 Å². The zero-order chi connectivity index (χ0) is 13.9. The van der Waals surface area contributed by atoms with E-state index in [9.17, 15) is 10.1 Å². The first-order valence-electron chi connectivity index (χ1n) is 5.71. The van der Waals surface area contributed by atoms with E-state index in [0.29, 0.717) is 10.6 Å². The minimum absolute atomic E-state index is 0.00290. The van der Waals surface area contributed by atoms with Gasteiger partial charge in [0.15, 0.2) is 5.75 Å². The van der Waals surface area contributed by atoms with Gasteiger partial charge in [0, 0.05) is 10.9 Å². The maximum Gasteiger partial charge on any atom is 0.310 e. The number of nitrogens with zero attached hydrogens (tertiary/aromatic N) is 1. The molecular formula is C13H18BrNO3. The van der Waals surface area contributed by atoms with E-state index in [1.807, 2.05) is 0 Å². The molecule has 0 aliphatic carbocycles. The smallest absolute Gasteiger partial charge is 0.310 e. The summed E-state index contributed by atoms with van der Waals surface area (Å²) in [5, 5.41) is 10.8. The van der Waals surface area contributed by atoms with Gasteiger partial charge in [-0.25, -0.2) is 0 Å². The van der Waals surface area contributed by atoms with Gasteiger partial charge >= 0.3 is 5.69 Å². The van der Waals surface area contributed by atoms with Gasteiger partial charge in [0.2, 0.25) is 0 Å². The summed E-state index contributed by atoms with van der Waals surface area (Å²) in [7, 11) is 1.45. The molecule has 0 aliphatic rings. The highest BCUT2D eigenvalue weighted by Crippen LogP contribution is 2.32. The lowest BCUT2D eigenvalue weighted by molar-refractivity contribution is -0.385. The van der Waals surface area contributed by atoms with Crippen LogP contribution in [0.1, 0.15) is 26.3 Å². The van der Waals surface area contributed by atoms with Crippen LogP contribution in [-0.4, -0.2) is 16.9 Å². The summed E-state index contributed by atoms with van der Waals surface area (Å²) in [6.07, 6.45) is 0.803. The Hall–Kier alpha value is -1.10. The van der Waals surface area contributed by atoms with Gasteiger partial charge in [-0.15, -0.1) is 0 Å². The molecule has 0 saturated carbocycles. The van der Waals surface area contributed by atoms with E-state index >= 15 is 0 Å². The van der Waals surface area contributed by atoms with Crippen molar-refractivity contribution in [3.63, 3.8) is 0 Å². The second-order valence-corrected chi connectivity index (χ2v) is 6.41. The fourth-order valence-electron chi connectivity index (χ4n) is 1.51. The molecular weight excluding hydrogens is 298 g/mol. The van der Waals surface area contributed by atoms with E-state index in [1.54, 1.807) is 12.1 Å². The summed E-state index contributed by atoms with van der Waals surface area (Å²) in [6, 6.07) is 5.01. The van der Waals surface area contributed by atoms with Crippen LogP contribution in [0.25, 0.3) is 0 Å². The van der Waals surface area contributed by atoms with Crippen molar-refractivity contribution in [1.29, 1.82) is 0 Å². The topological polar surface area (TPSA) is 52.4 Å². The Balaban J connectivity index is 2.96. The van der Waals surface area contributed by atoms with Crippen LogP contribution in [0.5, 0.6) is 5.75 Å². The largest absolute Gasteiger partial charge is 0.490 e. The molecule has 100 valence electrons. The number of rotatable bonds is 4. The molecule has 0 spiro atoms. The summed E-state index contributed by atoms with van der Waals surface area (Å²) in [4.78, 5) is 10.7. The molecule has 1 rings (SSSR count). The minimum atomic E-state index is -0.433. The number of nitro groups is 1. The summed E-state index contributed by atoms with van der Waals surface area (Å²) < 4.78 is 5.06. The van der Waals surface area contributed by atoms with Crippen molar-refractivity contribution in [3.8, 4) is 5.75 Å². The van der Waals surface area contributed by atoms with Gasteiger partial charge < -0.3 is 4.74 Å². The van der Waals surface area contributed by atoms with Crippen LogP contribution in [0, 0.1) is 15.5 Å². The number of nitro benzene ring substituents is 1. The van der Waals surface area contributed by atoms with Gasteiger partial charge in [-0.2, -0.15) is 0 Å². The number of hydrogen-bond donors (Lipinski definition) is 0. The summed E-state index contributed by atoms with van der Waals surface area (Å²) >= 11 is 3.65. The summed E-state index contributed by atoms with van der Waals surface area (Å²) in [5.41, 5.74) is 1.16. The molecule has 0 heterocycles. The zero-order valence-electron chi connectivity index (χ0n) is 11.1. The van der Waals surface area contributed by atoms with Crippen molar-refractivity contribution in [3.05, 3.63) is 33.9 Å². The Kier molecular flexibility index (Phi) is 4.73. The Bertz CT molecular complexity index is 440. The van der Waals surface area contributed by atoms with Gasteiger partial charge in [0.05, 0.1) is 12.0 Å². The predicted molar refractivity (Wildman–Crippen MR) is 75.5 cm³/mol. The second kappa shape index (κ2) is 5.69. The molecule has 0 aliphatic heterocycles. The first-order chi connectivity index (χ1) is 8.25. The molecule has 0 aromatic heterocycles. The number of alkyl halides is 1. The molecule has 0 radical (unpaired) electrons. The average Bonchev–Trinajstić information content (AvgIpc) is 2.27. The Morgan fingerprint density at radius 1 is 1.44 bits per heavy atom. The van der Waals surface area contributed by atoms with Crippen LogP contribution in [0.3, 0.4) is 0 Å². The molecule has 1 aromatic rings. The van der Waals surface area contributed by atoms with E-state index in [4.69, 9.17) is 4.74 Å². The fourth-order valence-corrected chi connectivity index (χ4v) is 1.89. The number of methoxy groups -OCH3 is 1. The number of ether oxygens (including phenoxy) is 1. The van der Waals surface area contributed by atoms with E-state index in [0.717, 1.165) is 12.0 Å². The number of halogens is 1. The summed E-state index contributed by atoms with van der Waals surface area (Å²) in [5.74, 6) is 0.311. The summed E-state index contributed by atoms with van der Waals surface area (Å²) in [6.45, 7) is 6.44. The Labute approximate surface area is 116 Å². The van der Waals surface area contributed by atoms with Crippen LogP contribution in [-0.2, 0) is 6.42 Å². The standard InChI is InChI=1S/C13H18BrNO3/c1-13(2,3)12(14)8-9-5-6-10(15(16)17)11(7-9)18-4/h5-7,12H,8H2,1-4H3. The maximum absolute atomic E-state index is 10.8. The van der Waals surface area contributed by atoms with Crippen molar-refractivity contribution in [2.45, 2.75) is 32.0 Å². The first-order valence-corrected chi connectivity index (χ1v) is 6.62. The third-order valence-electron chi connectivity index (χ3n) is 2.80. The highest BCUT2D eigenvalue weighted by atomic mass is 79.9. The Morgan fingerprint density at radius 3 is 2.50 bits per heavy atom. The normalized spacial score (nSPS) is 13.2. The molecule has 0 amide bonds. The number of hydrogen-bond acceptors (Lipinski definition) is 3. The molecule has 18 heavy (non-hydrogen) atoms. The fraction of sp³-hybridized carbons (Fsp3) is 0.538. The lowest BCUT2D eigenvalue weighted by Gasteiger charge is -2.25.